The Morgan fingerprint density at radius 2 is 1.92 bits per heavy atom. The van der Waals surface area contributed by atoms with Crippen molar-refractivity contribution in [2.75, 3.05) is 33.4 Å². The minimum Gasteiger partial charge on any atom is -0.357 e. The minimum atomic E-state index is -3.21. The van der Waals surface area contributed by atoms with Crippen molar-refractivity contribution in [1.29, 1.82) is 0 Å². The lowest BCUT2D eigenvalue weighted by atomic mass is 10.1. The topological polar surface area (TPSA) is 90.9 Å². The molecule has 2 N–H and O–H groups in total. The number of nitrogens with one attached hydrogen (secondary N) is 2. The van der Waals surface area contributed by atoms with E-state index in [1.165, 1.54) is 6.26 Å². The number of nitrogens with zero attached hydrogens (tertiary/aromatic N) is 2. The number of carbonyl (C=O) groups excluding carboxylic acids is 1. The van der Waals surface area contributed by atoms with Crippen LogP contribution in [0.15, 0.2) is 28.1 Å². The van der Waals surface area contributed by atoms with E-state index in [-0.39, 0.29) is 5.91 Å². The average Bonchev–Trinajstić information content (AvgIpc) is 2.51. The molecule has 25 heavy (non-hydrogen) atoms. The second-order valence-electron chi connectivity index (χ2n) is 6.03. The number of aliphatic imine (C=N–C) groups is 1. The molecule has 0 saturated carbocycles. The van der Waals surface area contributed by atoms with E-state index in [0.717, 1.165) is 5.56 Å². The van der Waals surface area contributed by atoms with Gasteiger partial charge in [0, 0.05) is 39.9 Å². The van der Waals surface area contributed by atoms with Crippen molar-refractivity contribution in [3.8, 4) is 0 Å². The summed E-state index contributed by atoms with van der Waals surface area (Å²) in [5.41, 5.74) is 1.64. The molecule has 0 radical (unpaired) electrons. The predicted molar refractivity (Wildman–Crippen MR) is 100 cm³/mol. The molecule has 0 aromatic heterocycles. The number of carbonyl (C=O) groups is 1. The molecule has 7 nitrogen and oxygen atoms in total. The van der Waals surface area contributed by atoms with Crippen LogP contribution in [0.3, 0.4) is 0 Å². The quantitative estimate of drug-likeness (QED) is 0.552. The number of hydrogen-bond acceptors (Lipinski definition) is 4. The van der Waals surface area contributed by atoms with Gasteiger partial charge in [0.25, 0.3) is 0 Å². The standard InChI is InChI=1S/C17H28N4O3S/c1-6-18-17(19-10-9-16(22)21(3)4)20-12-14-7-8-15(13(2)11-14)25(5,23)24/h7-8,11H,6,9-10,12H2,1-5H3,(H2,18,19,20). The molecule has 0 aliphatic heterocycles. The lowest BCUT2D eigenvalue weighted by Crippen LogP contribution is -2.39. The first kappa shape index (κ1) is 21.0. The lowest BCUT2D eigenvalue weighted by molar-refractivity contribution is -0.128. The van der Waals surface area contributed by atoms with Crippen molar-refractivity contribution in [3.63, 3.8) is 0 Å². The Hall–Kier alpha value is -2.09. The van der Waals surface area contributed by atoms with Crippen molar-refractivity contribution in [3.05, 3.63) is 29.3 Å². The van der Waals surface area contributed by atoms with Crippen LogP contribution in [0.5, 0.6) is 0 Å². The maximum atomic E-state index is 11.7. The van der Waals surface area contributed by atoms with Gasteiger partial charge in [0.15, 0.2) is 15.8 Å². The maximum Gasteiger partial charge on any atom is 0.223 e. The van der Waals surface area contributed by atoms with Gasteiger partial charge in [-0.05, 0) is 31.0 Å². The van der Waals surface area contributed by atoms with Gasteiger partial charge >= 0.3 is 0 Å². The van der Waals surface area contributed by atoms with Crippen LogP contribution in [0.2, 0.25) is 0 Å². The Kier molecular flexibility index (Phi) is 7.89. The number of guanidine groups is 1. The summed E-state index contributed by atoms with van der Waals surface area (Å²) in [5.74, 6) is 0.675. The minimum absolute atomic E-state index is 0.0512. The van der Waals surface area contributed by atoms with Crippen molar-refractivity contribution >= 4 is 21.7 Å². The molecule has 0 heterocycles. The molecule has 0 fully saturated rings. The number of amides is 1. The zero-order valence-electron chi connectivity index (χ0n) is 15.6. The van der Waals surface area contributed by atoms with Crippen molar-refractivity contribution in [2.24, 2.45) is 4.99 Å². The van der Waals surface area contributed by atoms with Gasteiger partial charge in [0.05, 0.1) is 11.4 Å². The Balaban J connectivity index is 2.74. The van der Waals surface area contributed by atoms with Gasteiger partial charge in [0.1, 0.15) is 0 Å². The molecule has 0 atom stereocenters. The number of rotatable bonds is 7. The summed E-state index contributed by atoms with van der Waals surface area (Å²) < 4.78 is 23.3. The summed E-state index contributed by atoms with van der Waals surface area (Å²) in [5, 5.41) is 6.25. The molecule has 0 bridgehead atoms. The highest BCUT2D eigenvalue weighted by molar-refractivity contribution is 7.90. The predicted octanol–water partition coefficient (Wildman–Crippen LogP) is 0.932. The smallest absolute Gasteiger partial charge is 0.223 e. The Morgan fingerprint density at radius 1 is 1.24 bits per heavy atom. The average molecular weight is 369 g/mol. The molecule has 1 rings (SSSR count). The second-order valence-corrected chi connectivity index (χ2v) is 8.02. The van der Waals surface area contributed by atoms with E-state index in [2.05, 4.69) is 15.6 Å². The van der Waals surface area contributed by atoms with E-state index in [1.54, 1.807) is 38.1 Å². The Bertz CT molecular complexity index is 727. The monoisotopic (exact) mass is 368 g/mol. The van der Waals surface area contributed by atoms with Crippen LogP contribution in [0, 0.1) is 6.92 Å². The number of benzene rings is 1. The van der Waals surface area contributed by atoms with E-state index in [0.29, 0.717) is 42.5 Å². The molecular weight excluding hydrogens is 340 g/mol. The first-order valence-electron chi connectivity index (χ1n) is 8.17. The molecule has 0 aliphatic carbocycles. The molecule has 1 aromatic carbocycles. The van der Waals surface area contributed by atoms with E-state index in [4.69, 9.17) is 0 Å². The summed E-state index contributed by atoms with van der Waals surface area (Å²) in [6, 6.07) is 5.22. The normalized spacial score (nSPS) is 12.0. The fourth-order valence-corrected chi connectivity index (χ4v) is 3.21. The third-order valence-corrected chi connectivity index (χ3v) is 4.79. The van der Waals surface area contributed by atoms with Gasteiger partial charge in [0.2, 0.25) is 5.91 Å². The summed E-state index contributed by atoms with van der Waals surface area (Å²) in [7, 11) is 0.239. The van der Waals surface area contributed by atoms with Crippen LogP contribution in [0.4, 0.5) is 0 Å². The zero-order valence-corrected chi connectivity index (χ0v) is 16.4. The van der Waals surface area contributed by atoms with Crippen LogP contribution in [0.25, 0.3) is 0 Å². The molecule has 140 valence electrons. The van der Waals surface area contributed by atoms with E-state index in [9.17, 15) is 13.2 Å². The molecule has 0 aliphatic rings. The van der Waals surface area contributed by atoms with E-state index in [1.807, 2.05) is 13.0 Å². The first-order chi connectivity index (χ1) is 11.6. The molecule has 0 spiro atoms. The third kappa shape index (κ3) is 7.13. The Morgan fingerprint density at radius 3 is 2.44 bits per heavy atom. The zero-order chi connectivity index (χ0) is 19.0. The van der Waals surface area contributed by atoms with E-state index < -0.39 is 9.84 Å². The number of aryl methyl sites for hydroxylation is 1. The van der Waals surface area contributed by atoms with Gasteiger partial charge in [-0.3, -0.25) is 4.79 Å². The van der Waals surface area contributed by atoms with Gasteiger partial charge in [-0.2, -0.15) is 0 Å². The summed E-state index contributed by atoms with van der Waals surface area (Å²) in [6.45, 7) is 5.36. The third-order valence-electron chi connectivity index (χ3n) is 3.53. The molecular formula is C17H28N4O3S. The highest BCUT2D eigenvalue weighted by Gasteiger charge is 2.11. The molecule has 0 unspecified atom stereocenters. The Labute approximate surface area is 150 Å². The lowest BCUT2D eigenvalue weighted by Gasteiger charge is -2.13. The molecule has 0 saturated heterocycles. The van der Waals surface area contributed by atoms with Crippen LogP contribution in [-0.4, -0.2) is 58.6 Å². The SMILES string of the molecule is CCNC(=NCc1ccc(S(C)(=O)=O)c(C)c1)NCCC(=O)N(C)C. The van der Waals surface area contributed by atoms with Crippen LogP contribution in [0.1, 0.15) is 24.5 Å². The van der Waals surface area contributed by atoms with Crippen molar-refractivity contribution in [1.82, 2.24) is 15.5 Å². The molecule has 1 aromatic rings. The highest BCUT2D eigenvalue weighted by atomic mass is 32.2. The first-order valence-corrected chi connectivity index (χ1v) is 10.1. The van der Waals surface area contributed by atoms with Gasteiger partial charge in [-0.25, -0.2) is 13.4 Å². The second kappa shape index (κ2) is 9.41. The summed E-state index contributed by atoms with van der Waals surface area (Å²) in [6.07, 6.45) is 1.59. The molecule has 1 amide bonds. The fraction of sp³-hybridized carbons (Fsp3) is 0.529. The number of sulfone groups is 1. The van der Waals surface area contributed by atoms with Gasteiger partial charge in [-0.1, -0.05) is 12.1 Å². The number of hydrogen-bond donors (Lipinski definition) is 2. The molecule has 8 heteroatoms. The van der Waals surface area contributed by atoms with Crippen LogP contribution >= 0.6 is 0 Å². The van der Waals surface area contributed by atoms with E-state index >= 15 is 0 Å². The van der Waals surface area contributed by atoms with Crippen LogP contribution in [-0.2, 0) is 21.2 Å². The highest BCUT2D eigenvalue weighted by Crippen LogP contribution is 2.17. The summed E-state index contributed by atoms with van der Waals surface area (Å²) in [4.78, 5) is 18.0. The van der Waals surface area contributed by atoms with Gasteiger partial charge < -0.3 is 15.5 Å². The fourth-order valence-electron chi connectivity index (χ4n) is 2.25. The van der Waals surface area contributed by atoms with Gasteiger partial charge in [-0.15, -0.1) is 0 Å². The summed E-state index contributed by atoms with van der Waals surface area (Å²) >= 11 is 0. The maximum absolute atomic E-state index is 11.7. The van der Waals surface area contributed by atoms with Crippen LogP contribution < -0.4 is 10.6 Å². The van der Waals surface area contributed by atoms with Crippen molar-refractivity contribution in [2.45, 2.75) is 31.7 Å². The largest absolute Gasteiger partial charge is 0.357 e. The van der Waals surface area contributed by atoms with Crippen molar-refractivity contribution < 1.29 is 13.2 Å².